The predicted octanol–water partition coefficient (Wildman–Crippen LogP) is 2.97. The second-order valence-corrected chi connectivity index (χ2v) is 5.20. The van der Waals surface area contributed by atoms with Crippen LogP contribution in [0.25, 0.3) is 0 Å². The van der Waals surface area contributed by atoms with Crippen molar-refractivity contribution in [3.8, 4) is 0 Å². The Kier molecular flexibility index (Phi) is 2.59. The fourth-order valence-corrected chi connectivity index (χ4v) is 2.43. The lowest BCUT2D eigenvalue weighted by Gasteiger charge is -2.21. The van der Waals surface area contributed by atoms with E-state index < -0.39 is 0 Å². The SMILES string of the molecule is Cc1cccc(C)c1CC1(C(C)N)CC1. The Labute approximate surface area is 92.7 Å². The molecule has 1 saturated carbocycles. The summed E-state index contributed by atoms with van der Waals surface area (Å²) in [5.41, 5.74) is 10.9. The van der Waals surface area contributed by atoms with E-state index >= 15 is 0 Å². The lowest BCUT2D eigenvalue weighted by atomic mass is 9.86. The summed E-state index contributed by atoms with van der Waals surface area (Å²) in [6.45, 7) is 6.57. The molecule has 0 aromatic heterocycles. The average molecular weight is 203 g/mol. The van der Waals surface area contributed by atoms with Crippen molar-refractivity contribution in [2.45, 2.75) is 46.1 Å². The smallest absolute Gasteiger partial charge is 0.00702 e. The molecule has 0 aliphatic heterocycles. The fourth-order valence-electron chi connectivity index (χ4n) is 2.43. The second kappa shape index (κ2) is 3.64. The third kappa shape index (κ3) is 1.93. The van der Waals surface area contributed by atoms with Gasteiger partial charge in [-0.15, -0.1) is 0 Å². The van der Waals surface area contributed by atoms with Gasteiger partial charge in [-0.1, -0.05) is 18.2 Å². The Hall–Kier alpha value is -0.820. The van der Waals surface area contributed by atoms with Gasteiger partial charge in [0.05, 0.1) is 0 Å². The van der Waals surface area contributed by atoms with Gasteiger partial charge in [-0.3, -0.25) is 0 Å². The van der Waals surface area contributed by atoms with E-state index in [1.807, 2.05) is 0 Å². The highest BCUT2D eigenvalue weighted by molar-refractivity contribution is 5.35. The number of hydrogen-bond donors (Lipinski definition) is 1. The maximum atomic E-state index is 6.08. The number of benzene rings is 1. The van der Waals surface area contributed by atoms with E-state index in [0.29, 0.717) is 11.5 Å². The molecule has 1 heteroatoms. The fraction of sp³-hybridized carbons (Fsp3) is 0.571. The van der Waals surface area contributed by atoms with E-state index in [4.69, 9.17) is 5.73 Å². The molecule has 1 nitrogen and oxygen atoms in total. The van der Waals surface area contributed by atoms with Crippen LogP contribution in [0.1, 0.15) is 36.5 Å². The first-order valence-corrected chi connectivity index (χ1v) is 5.86. The van der Waals surface area contributed by atoms with Gasteiger partial charge >= 0.3 is 0 Å². The van der Waals surface area contributed by atoms with E-state index in [2.05, 4.69) is 39.0 Å². The molecule has 1 aromatic rings. The monoisotopic (exact) mass is 203 g/mol. The summed E-state index contributed by atoms with van der Waals surface area (Å²) in [6.07, 6.45) is 3.78. The molecule has 1 aromatic carbocycles. The molecule has 0 bridgehead atoms. The normalized spacial score (nSPS) is 20.0. The van der Waals surface area contributed by atoms with Crippen molar-refractivity contribution in [3.63, 3.8) is 0 Å². The zero-order valence-electron chi connectivity index (χ0n) is 10.0. The minimum absolute atomic E-state index is 0.330. The molecular weight excluding hydrogens is 182 g/mol. The Morgan fingerprint density at radius 2 is 1.80 bits per heavy atom. The largest absolute Gasteiger partial charge is 0.327 e. The molecular formula is C14H21N. The molecule has 1 fully saturated rings. The molecule has 0 amide bonds. The minimum atomic E-state index is 0.330. The summed E-state index contributed by atoms with van der Waals surface area (Å²) in [7, 11) is 0. The summed E-state index contributed by atoms with van der Waals surface area (Å²) in [5.74, 6) is 0. The van der Waals surface area contributed by atoms with Gasteiger partial charge in [-0.2, -0.15) is 0 Å². The van der Waals surface area contributed by atoms with Crippen LogP contribution in [0.5, 0.6) is 0 Å². The summed E-state index contributed by atoms with van der Waals surface area (Å²) >= 11 is 0. The van der Waals surface area contributed by atoms with Crippen molar-refractivity contribution in [2.75, 3.05) is 0 Å². The van der Waals surface area contributed by atoms with E-state index in [0.717, 1.165) is 0 Å². The number of aryl methyl sites for hydroxylation is 2. The Morgan fingerprint density at radius 1 is 1.27 bits per heavy atom. The van der Waals surface area contributed by atoms with Crippen LogP contribution in [0.4, 0.5) is 0 Å². The first kappa shape index (κ1) is 10.7. The Balaban J connectivity index is 2.25. The molecule has 1 aliphatic rings. The van der Waals surface area contributed by atoms with Gasteiger partial charge in [0, 0.05) is 6.04 Å². The van der Waals surface area contributed by atoms with E-state index in [9.17, 15) is 0 Å². The highest BCUT2D eigenvalue weighted by Crippen LogP contribution is 2.51. The van der Waals surface area contributed by atoms with Crippen molar-refractivity contribution in [3.05, 3.63) is 34.9 Å². The maximum Gasteiger partial charge on any atom is 0.00702 e. The van der Waals surface area contributed by atoms with Gasteiger partial charge in [-0.05, 0) is 62.1 Å². The van der Waals surface area contributed by atoms with Gasteiger partial charge in [0.1, 0.15) is 0 Å². The molecule has 1 aliphatic carbocycles. The van der Waals surface area contributed by atoms with Crippen LogP contribution in [0.15, 0.2) is 18.2 Å². The van der Waals surface area contributed by atoms with Crippen molar-refractivity contribution in [1.29, 1.82) is 0 Å². The lowest BCUT2D eigenvalue weighted by molar-refractivity contribution is 0.417. The molecule has 82 valence electrons. The highest BCUT2D eigenvalue weighted by Gasteiger charge is 2.45. The first-order valence-electron chi connectivity index (χ1n) is 5.86. The highest BCUT2D eigenvalue weighted by atomic mass is 14.7. The first-order chi connectivity index (χ1) is 7.05. The average Bonchev–Trinajstić information content (AvgIpc) is 2.93. The predicted molar refractivity (Wildman–Crippen MR) is 64.9 cm³/mol. The van der Waals surface area contributed by atoms with Crippen LogP contribution in [0.2, 0.25) is 0 Å². The van der Waals surface area contributed by atoms with Crippen LogP contribution in [-0.2, 0) is 6.42 Å². The van der Waals surface area contributed by atoms with Crippen molar-refractivity contribution in [2.24, 2.45) is 11.1 Å². The summed E-state index contributed by atoms with van der Waals surface area (Å²) in [4.78, 5) is 0. The van der Waals surface area contributed by atoms with E-state index in [1.54, 1.807) is 0 Å². The van der Waals surface area contributed by atoms with Crippen LogP contribution in [0.3, 0.4) is 0 Å². The standard InChI is InChI=1S/C14H21N/c1-10-5-4-6-11(2)13(10)9-14(7-8-14)12(3)15/h4-6,12H,7-9,15H2,1-3H3. The van der Waals surface area contributed by atoms with Gasteiger partial charge < -0.3 is 5.73 Å². The molecule has 1 atom stereocenters. The van der Waals surface area contributed by atoms with Crippen molar-refractivity contribution in [1.82, 2.24) is 0 Å². The molecule has 0 saturated heterocycles. The minimum Gasteiger partial charge on any atom is -0.327 e. The number of rotatable bonds is 3. The van der Waals surface area contributed by atoms with E-state index in [-0.39, 0.29) is 0 Å². The Morgan fingerprint density at radius 3 is 2.20 bits per heavy atom. The number of hydrogen-bond acceptors (Lipinski definition) is 1. The van der Waals surface area contributed by atoms with Crippen LogP contribution >= 0.6 is 0 Å². The lowest BCUT2D eigenvalue weighted by Crippen LogP contribution is -2.30. The third-order valence-corrected chi connectivity index (χ3v) is 4.03. The zero-order chi connectivity index (χ0) is 11.1. The Bertz CT molecular complexity index is 341. The molecule has 0 radical (unpaired) electrons. The summed E-state index contributed by atoms with van der Waals surface area (Å²) < 4.78 is 0. The summed E-state index contributed by atoms with van der Waals surface area (Å²) in [6, 6.07) is 6.88. The second-order valence-electron chi connectivity index (χ2n) is 5.20. The molecule has 15 heavy (non-hydrogen) atoms. The van der Waals surface area contributed by atoms with Crippen LogP contribution < -0.4 is 5.73 Å². The third-order valence-electron chi connectivity index (χ3n) is 4.03. The molecule has 0 spiro atoms. The molecule has 1 unspecified atom stereocenters. The molecule has 0 heterocycles. The van der Waals surface area contributed by atoms with Gasteiger partial charge in [0.2, 0.25) is 0 Å². The molecule has 2 rings (SSSR count). The van der Waals surface area contributed by atoms with Gasteiger partial charge in [0.25, 0.3) is 0 Å². The maximum absolute atomic E-state index is 6.08. The topological polar surface area (TPSA) is 26.0 Å². The number of nitrogens with two attached hydrogens (primary N) is 1. The van der Waals surface area contributed by atoms with Crippen molar-refractivity contribution >= 4 is 0 Å². The van der Waals surface area contributed by atoms with E-state index in [1.165, 1.54) is 36.0 Å². The molecule has 2 N–H and O–H groups in total. The summed E-state index contributed by atoms with van der Waals surface area (Å²) in [5, 5.41) is 0. The van der Waals surface area contributed by atoms with Crippen LogP contribution in [-0.4, -0.2) is 6.04 Å². The van der Waals surface area contributed by atoms with Crippen molar-refractivity contribution < 1.29 is 0 Å². The zero-order valence-corrected chi connectivity index (χ0v) is 10.0. The van der Waals surface area contributed by atoms with Crippen LogP contribution in [0, 0.1) is 19.3 Å². The van der Waals surface area contributed by atoms with Gasteiger partial charge in [-0.25, -0.2) is 0 Å². The van der Waals surface area contributed by atoms with Gasteiger partial charge in [0.15, 0.2) is 0 Å². The quantitative estimate of drug-likeness (QED) is 0.803.